The number of hydrogen-bond acceptors (Lipinski definition) is 4. The molecule has 116 valence electrons. The molecule has 1 N–H and O–H groups in total. The zero-order chi connectivity index (χ0) is 15.8. The number of halogens is 1. The predicted octanol–water partition coefficient (Wildman–Crippen LogP) is 3.13. The number of rotatable bonds is 4. The van der Waals surface area contributed by atoms with Gasteiger partial charge >= 0.3 is 0 Å². The second kappa shape index (κ2) is 5.35. The minimum Gasteiger partial charge on any atom is -0.360 e. The number of nitrogens with zero attached hydrogens (tertiary/aromatic N) is 3. The van der Waals surface area contributed by atoms with Gasteiger partial charge in [-0.05, 0) is 31.0 Å². The van der Waals surface area contributed by atoms with E-state index >= 15 is 0 Å². The molecule has 3 aromatic rings. The molecule has 1 aliphatic carbocycles. The predicted molar refractivity (Wildman–Crippen MR) is 80.0 cm³/mol. The third-order valence-corrected chi connectivity index (χ3v) is 3.73. The molecule has 0 atom stereocenters. The second-order valence-electron chi connectivity index (χ2n) is 5.48. The Labute approximate surface area is 130 Å². The van der Waals surface area contributed by atoms with E-state index in [2.05, 4.69) is 15.5 Å². The van der Waals surface area contributed by atoms with Gasteiger partial charge in [-0.1, -0.05) is 5.16 Å². The molecule has 2 heterocycles. The number of carbonyl (C=O) groups excluding carboxylic acids is 1. The van der Waals surface area contributed by atoms with Crippen LogP contribution in [0.25, 0.3) is 5.69 Å². The molecule has 0 bridgehead atoms. The monoisotopic (exact) mass is 312 g/mol. The molecule has 1 amide bonds. The van der Waals surface area contributed by atoms with Gasteiger partial charge in [0.1, 0.15) is 11.6 Å². The average molecular weight is 312 g/mol. The van der Waals surface area contributed by atoms with E-state index in [1.165, 1.54) is 12.4 Å². The maximum atomic E-state index is 14.2. The van der Waals surface area contributed by atoms with Crippen molar-refractivity contribution in [3.05, 3.63) is 60.3 Å². The van der Waals surface area contributed by atoms with Crippen molar-refractivity contribution in [3.8, 4) is 5.69 Å². The summed E-state index contributed by atoms with van der Waals surface area (Å²) >= 11 is 0. The van der Waals surface area contributed by atoms with Crippen LogP contribution in [0.3, 0.4) is 0 Å². The topological polar surface area (TPSA) is 73.0 Å². The highest BCUT2D eigenvalue weighted by Crippen LogP contribution is 2.40. The minimum absolute atomic E-state index is 0.200. The van der Waals surface area contributed by atoms with E-state index in [1.54, 1.807) is 35.2 Å². The van der Waals surface area contributed by atoms with Gasteiger partial charge in [-0.2, -0.15) is 0 Å². The van der Waals surface area contributed by atoms with Gasteiger partial charge < -0.3 is 14.4 Å². The number of carbonyl (C=O) groups is 1. The third-order valence-electron chi connectivity index (χ3n) is 3.73. The van der Waals surface area contributed by atoms with Crippen molar-refractivity contribution in [1.29, 1.82) is 0 Å². The highest BCUT2D eigenvalue weighted by molar-refractivity contribution is 6.02. The number of nitrogens with one attached hydrogen (secondary N) is 1. The van der Waals surface area contributed by atoms with E-state index in [9.17, 15) is 9.18 Å². The number of hydrogen-bond donors (Lipinski definition) is 1. The summed E-state index contributed by atoms with van der Waals surface area (Å²) in [6, 6.07) is 6.10. The molecular weight excluding hydrogens is 299 g/mol. The molecule has 7 heteroatoms. The van der Waals surface area contributed by atoms with Crippen LogP contribution in [-0.4, -0.2) is 20.6 Å². The van der Waals surface area contributed by atoms with Gasteiger partial charge in [0, 0.05) is 30.1 Å². The SMILES string of the molecule is O=C(Nc1ccc(-n2ccnc2)c(F)c1)c1cc(C2CC2)on1. The molecule has 1 saturated carbocycles. The van der Waals surface area contributed by atoms with Crippen LogP contribution in [0.1, 0.15) is 35.0 Å². The molecule has 1 fully saturated rings. The Kier molecular flexibility index (Phi) is 3.18. The first-order chi connectivity index (χ1) is 11.2. The molecule has 1 aromatic carbocycles. The van der Waals surface area contributed by atoms with Crippen molar-refractivity contribution >= 4 is 11.6 Å². The number of aromatic nitrogens is 3. The Morgan fingerprint density at radius 2 is 2.22 bits per heavy atom. The van der Waals surface area contributed by atoms with Gasteiger partial charge in [0.25, 0.3) is 5.91 Å². The standard InChI is InChI=1S/C16H13FN4O2/c17-12-7-11(3-4-14(12)21-6-5-18-9-21)19-16(22)13-8-15(23-20-13)10-1-2-10/h3-10H,1-2H2,(H,19,22). The van der Waals surface area contributed by atoms with Crippen LogP contribution in [0.15, 0.2) is 47.5 Å². The largest absolute Gasteiger partial charge is 0.360 e. The normalized spacial score (nSPS) is 14.0. The van der Waals surface area contributed by atoms with Gasteiger partial charge in [0.05, 0.1) is 12.0 Å². The molecule has 0 spiro atoms. The minimum atomic E-state index is -0.459. The van der Waals surface area contributed by atoms with Crippen molar-refractivity contribution in [1.82, 2.24) is 14.7 Å². The molecule has 4 rings (SSSR count). The van der Waals surface area contributed by atoms with Crippen molar-refractivity contribution in [2.24, 2.45) is 0 Å². The summed E-state index contributed by atoms with van der Waals surface area (Å²) in [6.45, 7) is 0. The van der Waals surface area contributed by atoms with E-state index in [0.717, 1.165) is 18.6 Å². The summed E-state index contributed by atoms with van der Waals surface area (Å²) in [5.74, 6) is 0.239. The molecule has 1 aliphatic rings. The lowest BCUT2D eigenvalue weighted by Gasteiger charge is -2.07. The van der Waals surface area contributed by atoms with Crippen LogP contribution in [-0.2, 0) is 0 Å². The second-order valence-corrected chi connectivity index (χ2v) is 5.48. The lowest BCUT2D eigenvalue weighted by molar-refractivity contribution is 0.101. The number of imidazole rings is 1. The summed E-state index contributed by atoms with van der Waals surface area (Å²) in [7, 11) is 0. The first-order valence-electron chi connectivity index (χ1n) is 7.26. The number of amides is 1. The highest BCUT2D eigenvalue weighted by Gasteiger charge is 2.28. The maximum Gasteiger partial charge on any atom is 0.277 e. The number of benzene rings is 1. The molecular formula is C16H13FN4O2. The Morgan fingerprint density at radius 3 is 2.91 bits per heavy atom. The fourth-order valence-corrected chi connectivity index (χ4v) is 2.35. The lowest BCUT2D eigenvalue weighted by atomic mass is 10.2. The van der Waals surface area contributed by atoms with E-state index in [4.69, 9.17) is 4.52 Å². The van der Waals surface area contributed by atoms with Crippen molar-refractivity contribution < 1.29 is 13.7 Å². The van der Waals surface area contributed by atoms with E-state index in [0.29, 0.717) is 17.3 Å². The van der Waals surface area contributed by atoms with Crippen LogP contribution < -0.4 is 5.32 Å². The quantitative estimate of drug-likeness (QED) is 0.803. The molecule has 0 unspecified atom stereocenters. The highest BCUT2D eigenvalue weighted by atomic mass is 19.1. The van der Waals surface area contributed by atoms with E-state index in [1.807, 2.05) is 0 Å². The van der Waals surface area contributed by atoms with Crippen molar-refractivity contribution in [3.63, 3.8) is 0 Å². The molecule has 0 radical (unpaired) electrons. The smallest absolute Gasteiger partial charge is 0.277 e. The number of anilines is 1. The molecule has 2 aromatic heterocycles. The van der Waals surface area contributed by atoms with E-state index in [-0.39, 0.29) is 5.69 Å². The van der Waals surface area contributed by atoms with Gasteiger partial charge in [-0.3, -0.25) is 4.79 Å². The van der Waals surface area contributed by atoms with Gasteiger partial charge in [-0.25, -0.2) is 9.37 Å². The van der Waals surface area contributed by atoms with Gasteiger partial charge in [0.15, 0.2) is 5.69 Å². The Morgan fingerprint density at radius 1 is 1.35 bits per heavy atom. The molecule has 0 saturated heterocycles. The molecule has 23 heavy (non-hydrogen) atoms. The van der Waals surface area contributed by atoms with Crippen LogP contribution in [0.2, 0.25) is 0 Å². The summed E-state index contributed by atoms with van der Waals surface area (Å²) < 4.78 is 20.9. The fourth-order valence-electron chi connectivity index (χ4n) is 2.35. The van der Waals surface area contributed by atoms with Crippen LogP contribution in [0.4, 0.5) is 10.1 Å². The summed E-state index contributed by atoms with van der Waals surface area (Å²) in [5.41, 5.74) is 0.913. The van der Waals surface area contributed by atoms with Crippen LogP contribution in [0.5, 0.6) is 0 Å². The van der Waals surface area contributed by atoms with Crippen molar-refractivity contribution in [2.75, 3.05) is 5.32 Å². The average Bonchev–Trinajstić information content (AvgIpc) is 3.04. The molecule has 0 aliphatic heterocycles. The van der Waals surface area contributed by atoms with Gasteiger partial charge in [0.2, 0.25) is 0 Å². The van der Waals surface area contributed by atoms with Crippen LogP contribution >= 0.6 is 0 Å². The Hall–Kier alpha value is -2.96. The third kappa shape index (κ3) is 2.73. The van der Waals surface area contributed by atoms with Gasteiger partial charge in [-0.15, -0.1) is 0 Å². The Bertz CT molecular complexity index is 853. The summed E-state index contributed by atoms with van der Waals surface area (Å²) in [5, 5.41) is 6.38. The zero-order valence-corrected chi connectivity index (χ0v) is 12.1. The fraction of sp³-hybridized carbons (Fsp3) is 0.188. The Balaban J connectivity index is 1.51. The molecule has 6 nitrogen and oxygen atoms in total. The van der Waals surface area contributed by atoms with E-state index < -0.39 is 11.7 Å². The van der Waals surface area contributed by atoms with Crippen molar-refractivity contribution in [2.45, 2.75) is 18.8 Å². The first-order valence-corrected chi connectivity index (χ1v) is 7.26. The van der Waals surface area contributed by atoms with Crippen LogP contribution in [0, 0.1) is 5.82 Å². The first kappa shape index (κ1) is 13.7. The summed E-state index contributed by atoms with van der Waals surface area (Å²) in [4.78, 5) is 16.0. The zero-order valence-electron chi connectivity index (χ0n) is 12.1. The summed E-state index contributed by atoms with van der Waals surface area (Å²) in [6.07, 6.45) is 6.85. The lowest BCUT2D eigenvalue weighted by Crippen LogP contribution is -2.12. The maximum absolute atomic E-state index is 14.2.